The van der Waals surface area contributed by atoms with E-state index < -0.39 is 17.9 Å². The highest BCUT2D eigenvalue weighted by Crippen LogP contribution is 2.13. The first-order chi connectivity index (χ1) is 10.1. The Morgan fingerprint density at radius 3 is 2.14 bits per heavy atom. The van der Waals surface area contributed by atoms with Gasteiger partial charge in [0.15, 0.2) is 0 Å². The lowest BCUT2D eigenvalue weighted by molar-refractivity contribution is -0.136. The standard InChI is InChI=1S/C16H12O5/c17-14(18)10-12-8-4-5-9-13(12)16(20)21-15(19)11-6-2-1-3-7-11/h1-9H,10H2,(H,17,18). The van der Waals surface area contributed by atoms with Gasteiger partial charge < -0.3 is 9.84 Å². The number of aliphatic carboxylic acids is 1. The van der Waals surface area contributed by atoms with Crippen molar-refractivity contribution in [1.82, 2.24) is 0 Å². The number of carboxylic acids is 1. The first kappa shape index (κ1) is 14.5. The summed E-state index contributed by atoms with van der Waals surface area (Å²) in [7, 11) is 0. The number of carboxylic acid groups (broad SMARTS) is 1. The van der Waals surface area contributed by atoms with Crippen LogP contribution in [-0.4, -0.2) is 23.0 Å². The maximum absolute atomic E-state index is 12.0. The molecule has 0 heterocycles. The Labute approximate surface area is 120 Å². The molecule has 0 aromatic heterocycles. The van der Waals surface area contributed by atoms with E-state index in [0.717, 1.165) is 0 Å². The Bertz CT molecular complexity index is 676. The number of rotatable bonds is 4. The van der Waals surface area contributed by atoms with E-state index >= 15 is 0 Å². The summed E-state index contributed by atoms with van der Waals surface area (Å²) in [6.45, 7) is 0. The lowest BCUT2D eigenvalue weighted by Crippen LogP contribution is -2.15. The van der Waals surface area contributed by atoms with Gasteiger partial charge in [-0.3, -0.25) is 4.79 Å². The minimum Gasteiger partial charge on any atom is -0.481 e. The molecule has 5 nitrogen and oxygen atoms in total. The maximum Gasteiger partial charge on any atom is 0.346 e. The summed E-state index contributed by atoms with van der Waals surface area (Å²) in [6, 6.07) is 14.2. The van der Waals surface area contributed by atoms with E-state index in [9.17, 15) is 14.4 Å². The van der Waals surface area contributed by atoms with Crippen molar-refractivity contribution in [1.29, 1.82) is 0 Å². The number of carbonyl (C=O) groups excluding carboxylic acids is 2. The normalized spacial score (nSPS) is 9.90. The van der Waals surface area contributed by atoms with Crippen molar-refractivity contribution in [3.05, 3.63) is 71.3 Å². The molecule has 0 amide bonds. The minimum absolute atomic E-state index is 0.0733. The van der Waals surface area contributed by atoms with Crippen LogP contribution in [0.3, 0.4) is 0 Å². The van der Waals surface area contributed by atoms with Crippen LogP contribution in [0.1, 0.15) is 26.3 Å². The third kappa shape index (κ3) is 3.76. The van der Waals surface area contributed by atoms with Gasteiger partial charge >= 0.3 is 17.9 Å². The predicted octanol–water partition coefficient (Wildman–Crippen LogP) is 2.31. The quantitative estimate of drug-likeness (QED) is 0.688. The first-order valence-corrected chi connectivity index (χ1v) is 6.19. The molecule has 2 aromatic carbocycles. The van der Waals surface area contributed by atoms with E-state index in [1.165, 1.54) is 24.3 Å². The molecule has 0 bridgehead atoms. The van der Waals surface area contributed by atoms with Crippen molar-refractivity contribution in [3.63, 3.8) is 0 Å². The number of ether oxygens (including phenoxy) is 1. The molecule has 0 spiro atoms. The zero-order chi connectivity index (χ0) is 15.2. The molecule has 2 rings (SSSR count). The molecule has 0 saturated carbocycles. The van der Waals surface area contributed by atoms with Crippen LogP contribution in [0.5, 0.6) is 0 Å². The largest absolute Gasteiger partial charge is 0.481 e. The molecule has 21 heavy (non-hydrogen) atoms. The van der Waals surface area contributed by atoms with Crippen LogP contribution in [0, 0.1) is 0 Å². The van der Waals surface area contributed by atoms with Gasteiger partial charge in [-0.05, 0) is 23.8 Å². The summed E-state index contributed by atoms with van der Waals surface area (Å²) >= 11 is 0. The molecule has 5 heteroatoms. The molecule has 1 N–H and O–H groups in total. The predicted molar refractivity (Wildman–Crippen MR) is 74.0 cm³/mol. The van der Waals surface area contributed by atoms with Crippen LogP contribution >= 0.6 is 0 Å². The first-order valence-electron chi connectivity index (χ1n) is 6.19. The lowest BCUT2D eigenvalue weighted by Gasteiger charge is -2.07. The number of hydrogen-bond donors (Lipinski definition) is 1. The Morgan fingerprint density at radius 2 is 1.48 bits per heavy atom. The zero-order valence-corrected chi connectivity index (χ0v) is 11.0. The fourth-order valence-electron chi connectivity index (χ4n) is 1.81. The van der Waals surface area contributed by atoms with Gasteiger partial charge in [0.1, 0.15) is 0 Å². The fraction of sp³-hybridized carbons (Fsp3) is 0.0625. The van der Waals surface area contributed by atoms with Gasteiger partial charge in [0.2, 0.25) is 0 Å². The van der Waals surface area contributed by atoms with E-state index in [1.54, 1.807) is 30.3 Å². The van der Waals surface area contributed by atoms with E-state index in [-0.39, 0.29) is 17.5 Å². The van der Waals surface area contributed by atoms with Crippen LogP contribution < -0.4 is 0 Å². The zero-order valence-electron chi connectivity index (χ0n) is 11.0. The van der Waals surface area contributed by atoms with Gasteiger partial charge in [0.05, 0.1) is 17.5 Å². The van der Waals surface area contributed by atoms with Crippen LogP contribution in [0.4, 0.5) is 0 Å². The number of carbonyl (C=O) groups is 3. The van der Waals surface area contributed by atoms with Crippen LogP contribution in [-0.2, 0) is 16.0 Å². The highest BCUT2D eigenvalue weighted by molar-refractivity contribution is 6.03. The molecule has 0 aliphatic carbocycles. The lowest BCUT2D eigenvalue weighted by atomic mass is 10.0. The molecule has 0 fully saturated rings. The van der Waals surface area contributed by atoms with Gasteiger partial charge in [-0.15, -0.1) is 0 Å². The Kier molecular flexibility index (Phi) is 4.46. The fourth-order valence-corrected chi connectivity index (χ4v) is 1.81. The van der Waals surface area contributed by atoms with Crippen LogP contribution in [0.25, 0.3) is 0 Å². The molecular formula is C16H12O5. The monoisotopic (exact) mass is 284 g/mol. The van der Waals surface area contributed by atoms with E-state index in [2.05, 4.69) is 0 Å². The Morgan fingerprint density at radius 1 is 0.857 bits per heavy atom. The summed E-state index contributed by atoms with van der Waals surface area (Å²) in [4.78, 5) is 34.6. The molecule has 106 valence electrons. The SMILES string of the molecule is O=C(O)Cc1ccccc1C(=O)OC(=O)c1ccccc1. The van der Waals surface area contributed by atoms with Gasteiger partial charge in [0.25, 0.3) is 0 Å². The summed E-state index contributed by atoms with van der Waals surface area (Å²) < 4.78 is 4.77. The Hall–Kier alpha value is -2.95. The maximum atomic E-state index is 12.0. The Balaban J connectivity index is 2.17. The molecule has 0 aliphatic rings. The summed E-state index contributed by atoms with van der Waals surface area (Å²) in [5, 5.41) is 8.81. The van der Waals surface area contributed by atoms with Crippen LogP contribution in [0.2, 0.25) is 0 Å². The smallest absolute Gasteiger partial charge is 0.346 e. The van der Waals surface area contributed by atoms with Gasteiger partial charge in [-0.2, -0.15) is 0 Å². The average molecular weight is 284 g/mol. The second-order valence-corrected chi connectivity index (χ2v) is 4.27. The molecule has 0 unspecified atom stereocenters. The highest BCUT2D eigenvalue weighted by atomic mass is 16.6. The number of esters is 2. The van der Waals surface area contributed by atoms with Gasteiger partial charge in [-0.25, -0.2) is 9.59 Å². The third-order valence-electron chi connectivity index (χ3n) is 2.77. The highest BCUT2D eigenvalue weighted by Gasteiger charge is 2.18. The van der Waals surface area contributed by atoms with Crippen molar-refractivity contribution < 1.29 is 24.2 Å². The summed E-state index contributed by atoms with van der Waals surface area (Å²) in [5.74, 6) is -2.70. The topological polar surface area (TPSA) is 80.7 Å². The van der Waals surface area contributed by atoms with E-state index in [4.69, 9.17) is 9.84 Å². The minimum atomic E-state index is -1.07. The van der Waals surface area contributed by atoms with Crippen molar-refractivity contribution in [2.45, 2.75) is 6.42 Å². The van der Waals surface area contributed by atoms with E-state index in [0.29, 0.717) is 5.56 Å². The van der Waals surface area contributed by atoms with Gasteiger partial charge in [0, 0.05) is 0 Å². The van der Waals surface area contributed by atoms with Crippen molar-refractivity contribution in [2.24, 2.45) is 0 Å². The molecule has 0 atom stereocenters. The van der Waals surface area contributed by atoms with Gasteiger partial charge in [-0.1, -0.05) is 36.4 Å². The molecular weight excluding hydrogens is 272 g/mol. The van der Waals surface area contributed by atoms with E-state index in [1.807, 2.05) is 0 Å². The number of hydrogen-bond acceptors (Lipinski definition) is 4. The molecule has 2 aromatic rings. The molecule has 0 aliphatic heterocycles. The summed E-state index contributed by atoms with van der Waals surface area (Å²) in [5.41, 5.74) is 0.626. The van der Waals surface area contributed by atoms with Crippen molar-refractivity contribution >= 4 is 17.9 Å². The van der Waals surface area contributed by atoms with Crippen molar-refractivity contribution in [3.8, 4) is 0 Å². The molecule has 0 radical (unpaired) electrons. The van der Waals surface area contributed by atoms with Crippen LogP contribution in [0.15, 0.2) is 54.6 Å². The molecule has 0 saturated heterocycles. The average Bonchev–Trinajstić information content (AvgIpc) is 2.48. The number of benzene rings is 2. The van der Waals surface area contributed by atoms with Crippen molar-refractivity contribution in [2.75, 3.05) is 0 Å². The second-order valence-electron chi connectivity index (χ2n) is 4.27. The second kappa shape index (κ2) is 6.47. The third-order valence-corrected chi connectivity index (χ3v) is 2.77. The summed E-state index contributed by atoms with van der Waals surface area (Å²) in [6.07, 6.45) is -0.315.